The highest BCUT2D eigenvalue weighted by Gasteiger charge is 1.99. The lowest BCUT2D eigenvalue weighted by Gasteiger charge is -1.97. The zero-order valence-corrected chi connectivity index (χ0v) is 8.85. The summed E-state index contributed by atoms with van der Waals surface area (Å²) in [7, 11) is -0.446. The lowest BCUT2D eigenvalue weighted by molar-refractivity contribution is 0.824. The van der Waals surface area contributed by atoms with Gasteiger partial charge in [-0.25, -0.2) is 0 Å². The van der Waals surface area contributed by atoms with E-state index in [0.29, 0.717) is 0 Å². The van der Waals surface area contributed by atoms with Crippen molar-refractivity contribution in [1.29, 1.82) is 0 Å². The Labute approximate surface area is 78.5 Å². The molecule has 0 fully saturated rings. The first-order valence-corrected chi connectivity index (χ1v) is 5.51. The summed E-state index contributed by atoms with van der Waals surface area (Å²) in [4.78, 5) is 0. The van der Waals surface area contributed by atoms with Gasteiger partial charge in [0.25, 0.3) is 0 Å². The number of alkyl halides is 2. The van der Waals surface area contributed by atoms with Crippen molar-refractivity contribution in [3.8, 4) is 0 Å². The van der Waals surface area contributed by atoms with Gasteiger partial charge in [-0.15, -0.1) is 23.2 Å². The van der Waals surface area contributed by atoms with Crippen molar-refractivity contribution in [1.82, 2.24) is 0 Å². The highest BCUT2D eigenvalue weighted by molar-refractivity contribution is 6.75. The van der Waals surface area contributed by atoms with Crippen LogP contribution in [-0.4, -0.2) is 19.5 Å². The predicted octanol–water partition coefficient (Wildman–Crippen LogP) is 0.417. The minimum Gasteiger partial charge on any atom is -0.412 e. The molecule has 0 amide bonds. The summed E-state index contributed by atoms with van der Waals surface area (Å²) in [6, 6.07) is 10.2. The molecule has 0 aliphatic carbocycles. The molecule has 0 heterocycles. The quantitative estimate of drug-likeness (QED) is 0.499. The molecule has 1 nitrogen and oxygen atoms in total. The van der Waals surface area contributed by atoms with Crippen LogP contribution in [-0.2, 0) is 0 Å². The van der Waals surface area contributed by atoms with Gasteiger partial charge in [0.1, 0.15) is 0 Å². The van der Waals surface area contributed by atoms with Crippen LogP contribution in [0.3, 0.4) is 0 Å². The summed E-state index contributed by atoms with van der Waals surface area (Å²) in [5.74, 6) is 0. The Morgan fingerprint density at radius 3 is 2.09 bits per heavy atom. The average Bonchev–Trinajstić information content (AvgIpc) is 1.88. The van der Waals surface area contributed by atoms with E-state index in [4.69, 9.17) is 23.2 Å². The number of halogens is 2. The fourth-order valence-electron chi connectivity index (χ4n) is 0.792. The second-order valence-corrected chi connectivity index (χ2v) is 6.43. The van der Waals surface area contributed by atoms with Gasteiger partial charge >= 0.3 is 0 Å². The summed E-state index contributed by atoms with van der Waals surface area (Å²) in [5.41, 5.74) is 0. The Hall–Kier alpha value is -0.0231. The van der Waals surface area contributed by atoms with Crippen LogP contribution in [0, 0.1) is 0 Å². The monoisotopic (exact) mass is 208 g/mol. The van der Waals surface area contributed by atoms with Gasteiger partial charge in [-0.2, -0.15) is 0 Å². The molecule has 0 atom stereocenters. The Bertz CT molecular complexity index is 191. The van der Waals surface area contributed by atoms with Crippen LogP contribution in [0.5, 0.6) is 0 Å². The van der Waals surface area contributed by atoms with Crippen LogP contribution in [0.25, 0.3) is 0 Å². The third kappa shape index (κ3) is 4.43. The molecule has 0 aromatic heterocycles. The van der Waals surface area contributed by atoms with Gasteiger partial charge in [0.05, 0.1) is 14.0 Å². The average molecular weight is 209 g/mol. The van der Waals surface area contributed by atoms with Crippen molar-refractivity contribution in [2.75, 3.05) is 0 Å². The minimum absolute atomic E-state index is 0. The first-order chi connectivity index (χ1) is 4.79. The van der Waals surface area contributed by atoms with Gasteiger partial charge in [0.2, 0.25) is 0 Å². The van der Waals surface area contributed by atoms with Gasteiger partial charge < -0.3 is 5.48 Å². The van der Waals surface area contributed by atoms with E-state index in [1.165, 1.54) is 5.19 Å². The van der Waals surface area contributed by atoms with Crippen LogP contribution in [0.4, 0.5) is 0 Å². The molecule has 0 saturated carbocycles. The predicted molar refractivity (Wildman–Crippen MR) is 53.7 cm³/mol. The maximum absolute atomic E-state index is 5.64. The molecule has 0 bridgehead atoms. The van der Waals surface area contributed by atoms with E-state index in [9.17, 15) is 0 Å². The van der Waals surface area contributed by atoms with Gasteiger partial charge in [-0.3, -0.25) is 0 Å². The minimum atomic E-state index is -0.446. The fraction of sp³-hybridized carbons (Fsp3) is 0.143. The Morgan fingerprint density at radius 2 is 1.64 bits per heavy atom. The van der Waals surface area contributed by atoms with Crippen molar-refractivity contribution in [2.45, 2.75) is 4.46 Å². The molecule has 1 aromatic carbocycles. The van der Waals surface area contributed by atoms with E-state index in [-0.39, 0.29) is 9.94 Å². The van der Waals surface area contributed by atoms with Crippen molar-refractivity contribution in [3.05, 3.63) is 30.3 Å². The number of hydrogen-bond acceptors (Lipinski definition) is 0. The Morgan fingerprint density at radius 1 is 1.09 bits per heavy atom. The van der Waals surface area contributed by atoms with Crippen LogP contribution in [0.2, 0.25) is 0 Å². The van der Waals surface area contributed by atoms with E-state index in [1.54, 1.807) is 0 Å². The molecule has 2 N–H and O–H groups in total. The molecule has 1 aromatic rings. The summed E-state index contributed by atoms with van der Waals surface area (Å²) in [6.45, 7) is 0. The maximum Gasteiger partial charge on any atom is 0.0957 e. The molecule has 0 saturated heterocycles. The Kier molecular flexibility index (Phi) is 5.59. The first-order valence-electron chi connectivity index (χ1n) is 3.11. The zero-order valence-electron chi connectivity index (χ0n) is 5.93. The standard InChI is InChI=1S/C7H8Cl2Si.H2O/c8-7(9)10-6-4-2-1-3-5-6;/h1-5,7H,10H2;1H2. The van der Waals surface area contributed by atoms with E-state index < -0.39 is 9.52 Å². The molecule has 4 heteroatoms. The highest BCUT2D eigenvalue weighted by atomic mass is 35.5. The lowest BCUT2D eigenvalue weighted by Crippen LogP contribution is -2.19. The third-order valence-electron chi connectivity index (χ3n) is 1.23. The van der Waals surface area contributed by atoms with Gasteiger partial charge in [0.15, 0.2) is 0 Å². The molecule has 11 heavy (non-hydrogen) atoms. The first kappa shape index (κ1) is 11.0. The molecule has 0 unspecified atom stereocenters. The van der Waals surface area contributed by atoms with Crippen molar-refractivity contribution >= 4 is 37.9 Å². The second kappa shape index (κ2) is 5.60. The van der Waals surface area contributed by atoms with Crippen molar-refractivity contribution in [2.24, 2.45) is 0 Å². The highest BCUT2D eigenvalue weighted by Crippen LogP contribution is 1.97. The normalized spacial score (nSPS) is 10.5. The molecule has 0 radical (unpaired) electrons. The van der Waals surface area contributed by atoms with Crippen molar-refractivity contribution < 1.29 is 5.48 Å². The summed E-state index contributed by atoms with van der Waals surface area (Å²) < 4.78 is -0.151. The lowest BCUT2D eigenvalue weighted by atomic mass is 10.4. The third-order valence-corrected chi connectivity index (χ3v) is 3.41. The summed E-state index contributed by atoms with van der Waals surface area (Å²) >= 11 is 11.3. The van der Waals surface area contributed by atoms with Crippen LogP contribution < -0.4 is 5.19 Å². The SMILES string of the molecule is ClC(Cl)[SiH2]c1ccccc1.O. The van der Waals surface area contributed by atoms with Crippen LogP contribution in [0.15, 0.2) is 30.3 Å². The zero-order chi connectivity index (χ0) is 7.40. The van der Waals surface area contributed by atoms with E-state index in [1.807, 2.05) is 18.2 Å². The topological polar surface area (TPSA) is 31.5 Å². The van der Waals surface area contributed by atoms with E-state index in [2.05, 4.69) is 12.1 Å². The smallest absolute Gasteiger partial charge is 0.0957 e. The molecule has 0 aliphatic rings. The molecule has 62 valence electrons. The largest absolute Gasteiger partial charge is 0.412 e. The van der Waals surface area contributed by atoms with E-state index >= 15 is 0 Å². The Balaban J connectivity index is 0.000001000. The molecule has 0 aliphatic heterocycles. The van der Waals surface area contributed by atoms with Gasteiger partial charge in [0, 0.05) is 0 Å². The van der Waals surface area contributed by atoms with Gasteiger partial charge in [-0.1, -0.05) is 35.5 Å². The number of rotatable bonds is 2. The summed E-state index contributed by atoms with van der Waals surface area (Å²) in [6.07, 6.45) is 0. The molecule has 0 spiro atoms. The van der Waals surface area contributed by atoms with Crippen LogP contribution in [0.1, 0.15) is 0 Å². The molecular formula is C7H10Cl2OSi. The molecular weight excluding hydrogens is 199 g/mol. The van der Waals surface area contributed by atoms with Gasteiger partial charge in [-0.05, 0) is 0 Å². The summed E-state index contributed by atoms with van der Waals surface area (Å²) in [5, 5.41) is 1.32. The van der Waals surface area contributed by atoms with Crippen LogP contribution >= 0.6 is 23.2 Å². The maximum atomic E-state index is 5.64. The van der Waals surface area contributed by atoms with Crippen molar-refractivity contribution in [3.63, 3.8) is 0 Å². The van der Waals surface area contributed by atoms with E-state index in [0.717, 1.165) is 0 Å². The molecule has 1 rings (SSSR count). The fourth-order valence-corrected chi connectivity index (χ4v) is 2.76. The number of benzene rings is 1. The second-order valence-electron chi connectivity index (χ2n) is 2.08. The number of hydrogen-bond donors (Lipinski definition) is 0.